The molecule has 1 heteroatoms. The van der Waals surface area contributed by atoms with Gasteiger partial charge in [0.2, 0.25) is 0 Å². The molecule has 0 atom stereocenters. The van der Waals surface area contributed by atoms with Gasteiger partial charge in [-0.15, -0.1) is 0 Å². The molecule has 2 aromatic rings. The Morgan fingerprint density at radius 3 is 2.31 bits per heavy atom. The monoisotopic (exact) mass is 216 g/mol. The molecule has 0 aliphatic carbocycles. The molecule has 0 fully saturated rings. The highest BCUT2D eigenvalue weighted by atomic mass is 16.3. The molecular formula is C15H20O. The Kier molecular flexibility index (Phi) is 2.57. The van der Waals surface area contributed by atoms with Gasteiger partial charge in [-0.05, 0) is 23.6 Å². The van der Waals surface area contributed by atoms with Crippen molar-refractivity contribution in [1.82, 2.24) is 0 Å². The minimum absolute atomic E-state index is 0.0804. The predicted molar refractivity (Wildman–Crippen MR) is 69.0 cm³/mol. The van der Waals surface area contributed by atoms with Crippen LogP contribution in [0.5, 0.6) is 0 Å². The molecule has 0 radical (unpaired) electrons. The Balaban J connectivity index is 2.54. The van der Waals surface area contributed by atoms with E-state index >= 15 is 0 Å². The second-order valence-corrected chi connectivity index (χ2v) is 5.81. The Morgan fingerprint density at radius 2 is 1.75 bits per heavy atom. The van der Waals surface area contributed by atoms with Gasteiger partial charge in [0, 0.05) is 10.8 Å². The molecule has 0 saturated carbocycles. The Bertz CT molecular complexity index is 498. The average Bonchev–Trinajstić information content (AvgIpc) is 2.58. The van der Waals surface area contributed by atoms with E-state index in [-0.39, 0.29) is 5.41 Å². The lowest BCUT2D eigenvalue weighted by Gasteiger charge is -2.13. The van der Waals surface area contributed by atoms with Crippen molar-refractivity contribution >= 4 is 11.0 Å². The molecule has 0 aliphatic rings. The molecule has 0 N–H and O–H groups in total. The maximum absolute atomic E-state index is 5.92. The summed E-state index contributed by atoms with van der Waals surface area (Å²) in [6.45, 7) is 10.9. The van der Waals surface area contributed by atoms with Crippen molar-refractivity contribution in [3.05, 3.63) is 35.6 Å². The lowest BCUT2D eigenvalue weighted by atomic mass is 9.93. The number of hydrogen-bond donors (Lipinski definition) is 0. The second-order valence-electron chi connectivity index (χ2n) is 5.81. The van der Waals surface area contributed by atoms with Gasteiger partial charge in [-0.25, -0.2) is 0 Å². The summed E-state index contributed by atoms with van der Waals surface area (Å²) in [4.78, 5) is 0. The summed E-state index contributed by atoms with van der Waals surface area (Å²) in [5, 5.41) is 1.20. The summed E-state index contributed by atoms with van der Waals surface area (Å²) in [7, 11) is 0. The zero-order valence-electron chi connectivity index (χ0n) is 10.8. The van der Waals surface area contributed by atoms with Crippen LogP contribution in [0.4, 0.5) is 0 Å². The first-order chi connectivity index (χ1) is 7.38. The quantitative estimate of drug-likeness (QED) is 0.664. The standard InChI is InChI=1S/C15H20O/c1-10(2)11-6-7-12-9-14(15(3,4)5)16-13(12)8-11/h6-10H,1-5H3. The maximum Gasteiger partial charge on any atom is 0.134 e. The van der Waals surface area contributed by atoms with E-state index in [4.69, 9.17) is 4.42 Å². The van der Waals surface area contributed by atoms with E-state index in [9.17, 15) is 0 Å². The topological polar surface area (TPSA) is 13.1 Å². The molecule has 0 spiro atoms. The molecule has 16 heavy (non-hydrogen) atoms. The number of hydrogen-bond acceptors (Lipinski definition) is 1. The van der Waals surface area contributed by atoms with E-state index < -0.39 is 0 Å². The van der Waals surface area contributed by atoms with E-state index in [0.717, 1.165) is 11.3 Å². The first-order valence-electron chi connectivity index (χ1n) is 5.92. The molecule has 0 aliphatic heterocycles. The summed E-state index contributed by atoms with van der Waals surface area (Å²) >= 11 is 0. The zero-order chi connectivity index (χ0) is 11.9. The molecule has 0 unspecified atom stereocenters. The minimum Gasteiger partial charge on any atom is -0.461 e. The zero-order valence-corrected chi connectivity index (χ0v) is 10.8. The SMILES string of the molecule is CC(C)c1ccc2cc(C(C)(C)C)oc2c1. The lowest BCUT2D eigenvalue weighted by molar-refractivity contribution is 0.430. The average molecular weight is 216 g/mol. The Labute approximate surface area is 97.5 Å². The highest BCUT2D eigenvalue weighted by molar-refractivity contribution is 5.79. The second kappa shape index (κ2) is 3.65. The molecule has 1 nitrogen and oxygen atoms in total. The third-order valence-electron chi connectivity index (χ3n) is 2.95. The van der Waals surface area contributed by atoms with Gasteiger partial charge in [-0.1, -0.05) is 46.8 Å². The summed E-state index contributed by atoms with van der Waals surface area (Å²) in [5.74, 6) is 1.61. The van der Waals surface area contributed by atoms with Crippen LogP contribution in [-0.4, -0.2) is 0 Å². The smallest absolute Gasteiger partial charge is 0.134 e. The first kappa shape index (κ1) is 11.3. The molecule has 0 bridgehead atoms. The largest absolute Gasteiger partial charge is 0.461 e. The summed E-state index contributed by atoms with van der Waals surface area (Å²) in [6, 6.07) is 8.66. The van der Waals surface area contributed by atoms with Crippen LogP contribution in [0.15, 0.2) is 28.7 Å². The van der Waals surface area contributed by atoms with Crippen molar-refractivity contribution < 1.29 is 4.42 Å². The van der Waals surface area contributed by atoms with Gasteiger partial charge in [0.05, 0.1) is 0 Å². The van der Waals surface area contributed by atoms with Gasteiger partial charge in [0.1, 0.15) is 11.3 Å². The van der Waals surface area contributed by atoms with Crippen molar-refractivity contribution in [2.24, 2.45) is 0 Å². The summed E-state index contributed by atoms with van der Waals surface area (Å²) < 4.78 is 5.92. The van der Waals surface area contributed by atoms with Crippen molar-refractivity contribution in [2.45, 2.75) is 46.0 Å². The van der Waals surface area contributed by atoms with Gasteiger partial charge in [-0.2, -0.15) is 0 Å². The third-order valence-corrected chi connectivity index (χ3v) is 2.95. The normalized spacial score (nSPS) is 12.6. The van der Waals surface area contributed by atoms with Crippen LogP contribution >= 0.6 is 0 Å². The molecule has 2 rings (SSSR count). The number of fused-ring (bicyclic) bond motifs is 1. The summed E-state index contributed by atoms with van der Waals surface area (Å²) in [6.07, 6.45) is 0. The van der Waals surface area contributed by atoms with Gasteiger partial charge in [-0.3, -0.25) is 0 Å². The highest BCUT2D eigenvalue weighted by Gasteiger charge is 2.18. The molecule has 1 aromatic heterocycles. The Hall–Kier alpha value is -1.24. The van der Waals surface area contributed by atoms with Crippen molar-refractivity contribution in [2.75, 3.05) is 0 Å². The predicted octanol–water partition coefficient (Wildman–Crippen LogP) is 4.85. The molecular weight excluding hydrogens is 196 g/mol. The molecule has 86 valence electrons. The Morgan fingerprint density at radius 1 is 1.06 bits per heavy atom. The molecule has 1 aromatic carbocycles. The van der Waals surface area contributed by atoms with Crippen LogP contribution in [0.2, 0.25) is 0 Å². The molecule has 0 saturated heterocycles. The van der Waals surface area contributed by atoms with E-state index in [0.29, 0.717) is 5.92 Å². The van der Waals surface area contributed by atoms with Crippen LogP contribution in [0.25, 0.3) is 11.0 Å². The number of benzene rings is 1. The fraction of sp³-hybridized carbons (Fsp3) is 0.467. The molecule has 0 amide bonds. The fourth-order valence-electron chi connectivity index (χ4n) is 1.78. The lowest BCUT2D eigenvalue weighted by Crippen LogP contribution is -2.08. The van der Waals surface area contributed by atoms with Gasteiger partial charge in [0.15, 0.2) is 0 Å². The summed E-state index contributed by atoms with van der Waals surface area (Å²) in [5.41, 5.74) is 2.43. The number of furan rings is 1. The van der Waals surface area contributed by atoms with Crippen LogP contribution < -0.4 is 0 Å². The van der Waals surface area contributed by atoms with Crippen LogP contribution in [0.1, 0.15) is 51.9 Å². The first-order valence-corrected chi connectivity index (χ1v) is 5.92. The van der Waals surface area contributed by atoms with E-state index in [2.05, 4.69) is 58.9 Å². The van der Waals surface area contributed by atoms with Crippen LogP contribution in [0.3, 0.4) is 0 Å². The van der Waals surface area contributed by atoms with Crippen molar-refractivity contribution in [3.8, 4) is 0 Å². The van der Waals surface area contributed by atoms with Gasteiger partial charge < -0.3 is 4.42 Å². The van der Waals surface area contributed by atoms with Gasteiger partial charge in [0.25, 0.3) is 0 Å². The fourth-order valence-corrected chi connectivity index (χ4v) is 1.78. The minimum atomic E-state index is 0.0804. The van der Waals surface area contributed by atoms with E-state index in [1.54, 1.807) is 0 Å². The molecule has 1 heterocycles. The maximum atomic E-state index is 5.92. The van der Waals surface area contributed by atoms with Crippen LogP contribution in [-0.2, 0) is 5.41 Å². The van der Waals surface area contributed by atoms with E-state index in [1.165, 1.54) is 10.9 Å². The van der Waals surface area contributed by atoms with Crippen molar-refractivity contribution in [1.29, 1.82) is 0 Å². The van der Waals surface area contributed by atoms with Gasteiger partial charge >= 0.3 is 0 Å². The van der Waals surface area contributed by atoms with Crippen LogP contribution in [0, 0.1) is 0 Å². The number of rotatable bonds is 1. The van der Waals surface area contributed by atoms with Crippen molar-refractivity contribution in [3.63, 3.8) is 0 Å². The van der Waals surface area contributed by atoms with E-state index in [1.807, 2.05) is 0 Å². The highest BCUT2D eigenvalue weighted by Crippen LogP contribution is 2.30. The third kappa shape index (κ3) is 1.99.